The molecule has 1 saturated heterocycles. The van der Waals surface area contributed by atoms with Crippen LogP contribution in [0.3, 0.4) is 0 Å². The molecular weight excluding hydrogens is 323 g/mol. The van der Waals surface area contributed by atoms with E-state index in [1.807, 2.05) is 6.92 Å². The Morgan fingerprint density at radius 3 is 2.65 bits per heavy atom. The lowest BCUT2D eigenvalue weighted by Crippen LogP contribution is -2.53. The van der Waals surface area contributed by atoms with Gasteiger partial charge in [0.25, 0.3) is 5.91 Å². The minimum absolute atomic E-state index is 0.0295. The summed E-state index contributed by atoms with van der Waals surface area (Å²) in [4.78, 5) is 16.1. The van der Waals surface area contributed by atoms with Crippen LogP contribution in [0.4, 0.5) is 4.39 Å². The van der Waals surface area contributed by atoms with Crippen molar-refractivity contribution in [2.45, 2.75) is 19.4 Å². The number of piperazine rings is 1. The molecule has 1 aliphatic heterocycles. The molecular formula is C16H22ClFN2O3. The second-order valence-electron chi connectivity index (χ2n) is 5.53. The number of carbonyl (C=O) groups excluding carboxylic acids is 1. The zero-order valence-corrected chi connectivity index (χ0v) is 13.9. The third-order valence-corrected chi connectivity index (χ3v) is 4.41. The number of aliphatic hydroxyl groups excluding tert-OH is 1. The van der Waals surface area contributed by atoms with Crippen LogP contribution in [0.2, 0.25) is 5.02 Å². The SMILES string of the molecule is CCC(CO)N1CCN(C(=O)COc2ccc(F)c(Cl)c2)CC1. The van der Waals surface area contributed by atoms with E-state index < -0.39 is 5.82 Å². The van der Waals surface area contributed by atoms with Crippen molar-refractivity contribution in [3.05, 3.63) is 29.0 Å². The number of halogens is 2. The Morgan fingerprint density at radius 1 is 1.39 bits per heavy atom. The van der Waals surface area contributed by atoms with E-state index >= 15 is 0 Å². The van der Waals surface area contributed by atoms with Crippen molar-refractivity contribution in [2.24, 2.45) is 0 Å². The van der Waals surface area contributed by atoms with Crippen molar-refractivity contribution in [3.63, 3.8) is 0 Å². The van der Waals surface area contributed by atoms with Gasteiger partial charge in [0.05, 0.1) is 11.6 Å². The van der Waals surface area contributed by atoms with E-state index in [1.165, 1.54) is 18.2 Å². The van der Waals surface area contributed by atoms with Gasteiger partial charge in [-0.25, -0.2) is 4.39 Å². The zero-order chi connectivity index (χ0) is 16.8. The first-order chi connectivity index (χ1) is 11.0. The summed E-state index contributed by atoms with van der Waals surface area (Å²) in [6, 6.07) is 4.17. The highest BCUT2D eigenvalue weighted by Crippen LogP contribution is 2.21. The van der Waals surface area contributed by atoms with Crippen LogP contribution in [-0.2, 0) is 4.79 Å². The maximum Gasteiger partial charge on any atom is 0.260 e. The summed E-state index contributed by atoms with van der Waals surface area (Å²) in [6.07, 6.45) is 0.888. The molecule has 0 aromatic heterocycles. The van der Waals surface area contributed by atoms with E-state index in [4.69, 9.17) is 16.3 Å². The summed E-state index contributed by atoms with van der Waals surface area (Å²) in [6.45, 7) is 4.80. The predicted molar refractivity (Wildman–Crippen MR) is 86.2 cm³/mol. The highest BCUT2D eigenvalue weighted by Gasteiger charge is 2.25. The molecule has 1 atom stereocenters. The number of ether oxygens (including phenoxy) is 1. The lowest BCUT2D eigenvalue weighted by molar-refractivity contribution is -0.135. The highest BCUT2D eigenvalue weighted by atomic mass is 35.5. The van der Waals surface area contributed by atoms with Crippen molar-refractivity contribution >= 4 is 17.5 Å². The molecule has 1 aromatic carbocycles. The highest BCUT2D eigenvalue weighted by molar-refractivity contribution is 6.30. The maximum absolute atomic E-state index is 13.1. The van der Waals surface area contributed by atoms with Crippen LogP contribution in [-0.4, -0.2) is 66.2 Å². The fraction of sp³-hybridized carbons (Fsp3) is 0.562. The Bertz CT molecular complexity index is 532. The third kappa shape index (κ3) is 4.80. The monoisotopic (exact) mass is 344 g/mol. The standard InChI is InChI=1S/C16H22ClFN2O3/c1-2-12(10-21)19-5-7-20(8-6-19)16(22)11-23-13-3-4-15(18)14(17)9-13/h3-4,9,12,21H,2,5-8,10-11H2,1H3. The van der Waals surface area contributed by atoms with Crippen molar-refractivity contribution < 1.29 is 19.0 Å². The van der Waals surface area contributed by atoms with E-state index in [-0.39, 0.29) is 30.2 Å². The molecule has 0 bridgehead atoms. The number of aliphatic hydroxyl groups is 1. The van der Waals surface area contributed by atoms with Crippen molar-refractivity contribution in [1.29, 1.82) is 0 Å². The Kier molecular flexibility index (Phi) is 6.62. The van der Waals surface area contributed by atoms with Gasteiger partial charge in [-0.2, -0.15) is 0 Å². The Hall–Kier alpha value is -1.37. The smallest absolute Gasteiger partial charge is 0.260 e. The van der Waals surface area contributed by atoms with E-state index in [0.717, 1.165) is 19.5 Å². The first-order valence-electron chi connectivity index (χ1n) is 7.75. The normalized spacial score (nSPS) is 17.1. The predicted octanol–water partition coefficient (Wildman–Crippen LogP) is 1.77. The van der Waals surface area contributed by atoms with Crippen LogP contribution in [0.15, 0.2) is 18.2 Å². The van der Waals surface area contributed by atoms with E-state index in [0.29, 0.717) is 18.8 Å². The minimum Gasteiger partial charge on any atom is -0.484 e. The summed E-state index contributed by atoms with van der Waals surface area (Å²) in [5, 5.41) is 9.30. The third-order valence-electron chi connectivity index (χ3n) is 4.12. The van der Waals surface area contributed by atoms with Crippen molar-refractivity contribution in [3.8, 4) is 5.75 Å². The van der Waals surface area contributed by atoms with Gasteiger partial charge in [0.1, 0.15) is 11.6 Å². The van der Waals surface area contributed by atoms with E-state index in [2.05, 4.69) is 4.90 Å². The minimum atomic E-state index is -0.518. The first kappa shape index (κ1) is 18.0. The number of rotatable bonds is 6. The summed E-state index contributed by atoms with van der Waals surface area (Å²) in [7, 11) is 0. The van der Waals surface area contributed by atoms with E-state index in [1.54, 1.807) is 4.90 Å². The number of hydrogen-bond acceptors (Lipinski definition) is 4. The van der Waals surface area contributed by atoms with Gasteiger partial charge in [0.2, 0.25) is 0 Å². The quantitative estimate of drug-likeness (QED) is 0.854. The fourth-order valence-electron chi connectivity index (χ4n) is 2.64. The molecule has 2 rings (SSSR count). The summed E-state index contributed by atoms with van der Waals surface area (Å²) in [5.41, 5.74) is 0. The lowest BCUT2D eigenvalue weighted by Gasteiger charge is -2.38. The number of amides is 1. The Labute approximate surface area is 140 Å². The molecule has 1 heterocycles. The summed E-state index contributed by atoms with van der Waals surface area (Å²) < 4.78 is 18.4. The number of nitrogens with zero attached hydrogens (tertiary/aromatic N) is 2. The molecule has 1 aliphatic rings. The molecule has 1 amide bonds. The molecule has 5 nitrogen and oxygen atoms in total. The number of benzene rings is 1. The molecule has 0 radical (unpaired) electrons. The average molecular weight is 345 g/mol. The van der Waals surface area contributed by atoms with Crippen LogP contribution in [0.1, 0.15) is 13.3 Å². The van der Waals surface area contributed by atoms with Crippen molar-refractivity contribution in [1.82, 2.24) is 9.80 Å². The molecule has 1 unspecified atom stereocenters. The molecule has 128 valence electrons. The lowest BCUT2D eigenvalue weighted by atomic mass is 10.1. The Balaban J connectivity index is 1.80. The van der Waals surface area contributed by atoms with Crippen LogP contribution in [0.5, 0.6) is 5.75 Å². The second-order valence-corrected chi connectivity index (χ2v) is 5.93. The van der Waals surface area contributed by atoms with Gasteiger partial charge in [0, 0.05) is 38.3 Å². The van der Waals surface area contributed by atoms with Crippen LogP contribution in [0.25, 0.3) is 0 Å². The average Bonchev–Trinajstić information content (AvgIpc) is 2.57. The molecule has 0 saturated carbocycles. The molecule has 7 heteroatoms. The van der Waals surface area contributed by atoms with Gasteiger partial charge in [-0.3, -0.25) is 9.69 Å². The van der Waals surface area contributed by atoms with Crippen LogP contribution >= 0.6 is 11.6 Å². The van der Waals surface area contributed by atoms with E-state index in [9.17, 15) is 14.3 Å². The molecule has 1 N–H and O–H groups in total. The second kappa shape index (κ2) is 8.47. The molecule has 1 aromatic rings. The topological polar surface area (TPSA) is 53.0 Å². The van der Waals surface area contributed by atoms with Crippen LogP contribution < -0.4 is 4.74 Å². The molecule has 0 spiro atoms. The van der Waals surface area contributed by atoms with Gasteiger partial charge in [-0.15, -0.1) is 0 Å². The Morgan fingerprint density at radius 2 is 2.09 bits per heavy atom. The van der Waals surface area contributed by atoms with Gasteiger partial charge >= 0.3 is 0 Å². The summed E-state index contributed by atoms with van der Waals surface area (Å²) in [5.74, 6) is -0.257. The summed E-state index contributed by atoms with van der Waals surface area (Å²) >= 11 is 5.67. The van der Waals surface area contributed by atoms with Gasteiger partial charge in [-0.1, -0.05) is 18.5 Å². The number of hydrogen-bond donors (Lipinski definition) is 1. The largest absolute Gasteiger partial charge is 0.484 e. The zero-order valence-electron chi connectivity index (χ0n) is 13.2. The van der Waals surface area contributed by atoms with Gasteiger partial charge in [-0.05, 0) is 18.6 Å². The van der Waals surface area contributed by atoms with Crippen LogP contribution in [0, 0.1) is 5.82 Å². The van der Waals surface area contributed by atoms with Crippen molar-refractivity contribution in [2.75, 3.05) is 39.4 Å². The van der Waals surface area contributed by atoms with Gasteiger partial charge < -0.3 is 14.7 Å². The molecule has 0 aliphatic carbocycles. The van der Waals surface area contributed by atoms with Gasteiger partial charge in [0.15, 0.2) is 6.61 Å². The maximum atomic E-state index is 13.1. The first-order valence-corrected chi connectivity index (χ1v) is 8.13. The fourth-order valence-corrected chi connectivity index (χ4v) is 2.81. The molecule has 1 fully saturated rings. The number of carbonyl (C=O) groups is 1. The molecule has 23 heavy (non-hydrogen) atoms.